The molecule has 1 aromatic heterocycles. The van der Waals surface area contributed by atoms with E-state index in [1.54, 1.807) is 6.07 Å². The van der Waals surface area contributed by atoms with Gasteiger partial charge < -0.3 is 10.5 Å². The number of benzene rings is 1. The fraction of sp³-hybridized carbons (Fsp3) is 0.267. The van der Waals surface area contributed by atoms with E-state index in [1.165, 1.54) is 12.4 Å². The summed E-state index contributed by atoms with van der Waals surface area (Å²) in [5.41, 5.74) is 6.21. The molecule has 2 N–H and O–H groups in total. The molecule has 2 aromatic rings. The first-order chi connectivity index (χ1) is 9.90. The third kappa shape index (κ3) is 3.33. The highest BCUT2D eigenvalue weighted by Gasteiger charge is 2.20. The predicted molar refractivity (Wildman–Crippen MR) is 72.3 cm³/mol. The summed E-state index contributed by atoms with van der Waals surface area (Å²) >= 11 is 0. The van der Waals surface area contributed by atoms with E-state index in [1.807, 2.05) is 13.8 Å². The van der Waals surface area contributed by atoms with Crippen molar-refractivity contribution in [2.24, 2.45) is 5.73 Å². The third-order valence-corrected chi connectivity index (χ3v) is 2.87. The largest absolute Gasteiger partial charge is 0.489 e. The van der Waals surface area contributed by atoms with Gasteiger partial charge >= 0.3 is 0 Å². The lowest BCUT2D eigenvalue weighted by atomic mass is 10.00. The number of hydrogen-bond donors (Lipinski definition) is 1. The van der Waals surface area contributed by atoms with Gasteiger partial charge in [-0.15, -0.1) is 0 Å². The van der Waals surface area contributed by atoms with Crippen molar-refractivity contribution < 1.29 is 17.9 Å². The Morgan fingerprint density at radius 2 is 1.81 bits per heavy atom. The molecule has 0 aliphatic carbocycles. The number of ether oxygens (including phenoxy) is 1. The lowest BCUT2D eigenvalue weighted by Crippen LogP contribution is -2.16. The molecule has 0 aliphatic rings. The van der Waals surface area contributed by atoms with Crippen LogP contribution in [-0.2, 0) is 0 Å². The SMILES string of the molecule is CC(C)Oc1cncc(C(N)c2ccc(F)c(F)c2F)c1. The molecule has 0 saturated carbocycles. The lowest BCUT2D eigenvalue weighted by molar-refractivity contribution is 0.241. The van der Waals surface area contributed by atoms with Gasteiger partial charge in [-0.25, -0.2) is 13.2 Å². The normalized spacial score (nSPS) is 12.5. The van der Waals surface area contributed by atoms with E-state index in [0.29, 0.717) is 11.3 Å². The van der Waals surface area contributed by atoms with Crippen LogP contribution in [0, 0.1) is 17.5 Å². The van der Waals surface area contributed by atoms with Crippen LogP contribution < -0.4 is 10.5 Å². The van der Waals surface area contributed by atoms with Gasteiger partial charge in [0.05, 0.1) is 18.3 Å². The Morgan fingerprint density at radius 3 is 2.48 bits per heavy atom. The number of nitrogens with two attached hydrogens (primary N) is 1. The minimum atomic E-state index is -1.54. The molecule has 1 unspecified atom stereocenters. The minimum absolute atomic E-state index is 0.0572. The predicted octanol–water partition coefficient (Wildman–Crippen LogP) is 3.33. The quantitative estimate of drug-likeness (QED) is 0.880. The van der Waals surface area contributed by atoms with Crippen molar-refractivity contribution in [3.05, 3.63) is 59.2 Å². The molecule has 21 heavy (non-hydrogen) atoms. The van der Waals surface area contributed by atoms with Crippen molar-refractivity contribution >= 4 is 0 Å². The van der Waals surface area contributed by atoms with Gasteiger partial charge in [0.2, 0.25) is 0 Å². The molecule has 0 amide bonds. The van der Waals surface area contributed by atoms with E-state index in [0.717, 1.165) is 12.1 Å². The molecule has 0 spiro atoms. The van der Waals surface area contributed by atoms with E-state index in [4.69, 9.17) is 10.5 Å². The molecule has 3 nitrogen and oxygen atoms in total. The summed E-state index contributed by atoms with van der Waals surface area (Å²) in [5.74, 6) is -3.61. The van der Waals surface area contributed by atoms with Crippen LogP contribution in [0.15, 0.2) is 30.6 Å². The maximum Gasteiger partial charge on any atom is 0.194 e. The Bertz CT molecular complexity index is 647. The second-order valence-electron chi connectivity index (χ2n) is 4.86. The Morgan fingerprint density at radius 1 is 1.10 bits per heavy atom. The zero-order chi connectivity index (χ0) is 15.6. The van der Waals surface area contributed by atoms with Gasteiger partial charge in [0, 0.05) is 11.8 Å². The van der Waals surface area contributed by atoms with Crippen molar-refractivity contribution in [3.8, 4) is 5.75 Å². The topological polar surface area (TPSA) is 48.1 Å². The lowest BCUT2D eigenvalue weighted by Gasteiger charge is -2.16. The van der Waals surface area contributed by atoms with Crippen LogP contribution in [-0.4, -0.2) is 11.1 Å². The molecule has 6 heteroatoms. The number of pyridine rings is 1. The zero-order valence-electron chi connectivity index (χ0n) is 11.6. The van der Waals surface area contributed by atoms with Gasteiger partial charge in [-0.2, -0.15) is 0 Å². The second kappa shape index (κ2) is 6.13. The Hall–Kier alpha value is -2.08. The molecule has 1 heterocycles. The summed E-state index contributed by atoms with van der Waals surface area (Å²) in [6, 6.07) is 2.59. The van der Waals surface area contributed by atoms with E-state index in [-0.39, 0.29) is 11.7 Å². The number of rotatable bonds is 4. The van der Waals surface area contributed by atoms with Crippen LogP contribution in [0.5, 0.6) is 5.75 Å². The van der Waals surface area contributed by atoms with E-state index in [2.05, 4.69) is 4.98 Å². The molecule has 2 rings (SSSR count). The van der Waals surface area contributed by atoms with Gasteiger partial charge in [-0.3, -0.25) is 4.98 Å². The fourth-order valence-corrected chi connectivity index (χ4v) is 1.90. The molecule has 0 fully saturated rings. The molecule has 1 aromatic carbocycles. The van der Waals surface area contributed by atoms with Crippen molar-refractivity contribution in [1.29, 1.82) is 0 Å². The average Bonchev–Trinajstić information content (AvgIpc) is 2.44. The van der Waals surface area contributed by atoms with Crippen LogP contribution in [0.2, 0.25) is 0 Å². The Balaban J connectivity index is 2.36. The summed E-state index contributed by atoms with van der Waals surface area (Å²) in [4.78, 5) is 3.96. The second-order valence-corrected chi connectivity index (χ2v) is 4.86. The molecular weight excluding hydrogens is 281 g/mol. The van der Waals surface area contributed by atoms with E-state index >= 15 is 0 Å². The van der Waals surface area contributed by atoms with Crippen LogP contribution >= 0.6 is 0 Å². The molecule has 0 saturated heterocycles. The summed E-state index contributed by atoms with van der Waals surface area (Å²) in [6.07, 6.45) is 2.87. The van der Waals surface area contributed by atoms with Gasteiger partial charge in [-0.05, 0) is 31.5 Å². The highest BCUT2D eigenvalue weighted by molar-refractivity contribution is 5.35. The Labute approximate surface area is 120 Å². The number of hydrogen-bond acceptors (Lipinski definition) is 3. The van der Waals surface area contributed by atoms with Crippen LogP contribution in [0.25, 0.3) is 0 Å². The standard InChI is InChI=1S/C15H15F3N2O/c1-8(2)21-10-5-9(6-20-7-10)15(19)11-3-4-12(16)14(18)13(11)17/h3-8,15H,19H2,1-2H3. The molecule has 112 valence electrons. The maximum absolute atomic E-state index is 13.8. The first kappa shape index (κ1) is 15.3. The van der Waals surface area contributed by atoms with E-state index < -0.39 is 23.5 Å². The number of aromatic nitrogens is 1. The Kier molecular flexibility index (Phi) is 4.47. The van der Waals surface area contributed by atoms with Gasteiger partial charge in [-0.1, -0.05) is 6.07 Å². The van der Waals surface area contributed by atoms with Gasteiger partial charge in [0.1, 0.15) is 5.75 Å². The number of halogens is 3. The maximum atomic E-state index is 13.8. The number of nitrogens with zero attached hydrogens (tertiary/aromatic N) is 1. The molecule has 0 aliphatic heterocycles. The fourth-order valence-electron chi connectivity index (χ4n) is 1.90. The van der Waals surface area contributed by atoms with Crippen molar-refractivity contribution in [1.82, 2.24) is 4.98 Å². The summed E-state index contributed by atoms with van der Waals surface area (Å²) in [7, 11) is 0. The van der Waals surface area contributed by atoms with Crippen LogP contribution in [0.4, 0.5) is 13.2 Å². The highest BCUT2D eigenvalue weighted by atomic mass is 19.2. The smallest absolute Gasteiger partial charge is 0.194 e. The third-order valence-electron chi connectivity index (χ3n) is 2.87. The van der Waals surface area contributed by atoms with Crippen LogP contribution in [0.3, 0.4) is 0 Å². The monoisotopic (exact) mass is 296 g/mol. The molecule has 0 bridgehead atoms. The zero-order valence-corrected chi connectivity index (χ0v) is 11.6. The molecular formula is C15H15F3N2O. The van der Waals surface area contributed by atoms with Crippen molar-refractivity contribution in [2.45, 2.75) is 26.0 Å². The summed E-state index contributed by atoms with van der Waals surface area (Å²) < 4.78 is 45.4. The van der Waals surface area contributed by atoms with Gasteiger partial charge in [0.15, 0.2) is 17.5 Å². The van der Waals surface area contributed by atoms with Crippen molar-refractivity contribution in [3.63, 3.8) is 0 Å². The van der Waals surface area contributed by atoms with Crippen molar-refractivity contribution in [2.75, 3.05) is 0 Å². The van der Waals surface area contributed by atoms with Gasteiger partial charge in [0.25, 0.3) is 0 Å². The molecule has 0 radical (unpaired) electrons. The summed E-state index contributed by atoms with van der Waals surface area (Å²) in [5, 5.41) is 0. The molecule has 1 atom stereocenters. The highest BCUT2D eigenvalue weighted by Crippen LogP contribution is 2.26. The minimum Gasteiger partial charge on any atom is -0.489 e. The average molecular weight is 296 g/mol. The first-order valence-corrected chi connectivity index (χ1v) is 6.40. The van der Waals surface area contributed by atoms with E-state index in [9.17, 15) is 13.2 Å². The summed E-state index contributed by atoms with van der Waals surface area (Å²) in [6.45, 7) is 3.70. The van der Waals surface area contributed by atoms with Crippen LogP contribution in [0.1, 0.15) is 31.0 Å². The first-order valence-electron chi connectivity index (χ1n) is 6.40.